The van der Waals surface area contributed by atoms with Crippen molar-refractivity contribution in [2.24, 2.45) is 0 Å². The molecule has 0 unspecified atom stereocenters. The van der Waals surface area contributed by atoms with Gasteiger partial charge in [-0.2, -0.15) is 5.26 Å². The number of hydrogen-bond acceptors (Lipinski definition) is 6. The highest BCUT2D eigenvalue weighted by Gasteiger charge is 2.13. The summed E-state index contributed by atoms with van der Waals surface area (Å²) in [7, 11) is 0. The van der Waals surface area contributed by atoms with Gasteiger partial charge in [0, 0.05) is 21.8 Å². The maximum atomic E-state index is 8.63. The Labute approximate surface area is 129 Å². The van der Waals surface area contributed by atoms with E-state index in [-0.39, 0.29) is 0 Å². The van der Waals surface area contributed by atoms with Crippen LogP contribution in [-0.4, -0.2) is 10.3 Å². The van der Waals surface area contributed by atoms with E-state index in [0.717, 1.165) is 33.6 Å². The quantitative estimate of drug-likeness (QED) is 0.566. The maximum absolute atomic E-state index is 8.63. The number of halogens is 1. The Morgan fingerprint density at radius 1 is 1.24 bits per heavy atom. The third-order valence-electron chi connectivity index (χ3n) is 3.04. The number of hydrogen-bond donors (Lipinski definition) is 1. The monoisotopic (exact) mass is 316 g/mol. The number of rotatable bonds is 3. The number of benzene rings is 2. The number of nitrogens with zero attached hydrogens (tertiary/aromatic N) is 3. The summed E-state index contributed by atoms with van der Waals surface area (Å²) in [6.45, 7) is 1.92. The lowest BCUT2D eigenvalue weighted by atomic mass is 10.1. The third kappa shape index (κ3) is 2.66. The van der Waals surface area contributed by atoms with Gasteiger partial charge >= 0.3 is 0 Å². The van der Waals surface area contributed by atoms with Gasteiger partial charge in [-0.25, -0.2) is 4.63 Å². The predicted molar refractivity (Wildman–Crippen MR) is 82.7 cm³/mol. The van der Waals surface area contributed by atoms with Crippen LogP contribution in [0.15, 0.2) is 39.9 Å². The molecule has 0 bridgehead atoms. The molecule has 0 radical (unpaired) electrons. The normalized spacial score (nSPS) is 10.5. The smallest absolute Gasteiger partial charge is 0.154 e. The molecule has 0 aliphatic carbocycles. The first-order valence-electron chi connectivity index (χ1n) is 6.03. The highest BCUT2D eigenvalue weighted by atomic mass is 35.5. The minimum atomic E-state index is 0.482. The maximum Gasteiger partial charge on any atom is 0.154 e. The van der Waals surface area contributed by atoms with Crippen molar-refractivity contribution in [3.8, 4) is 5.40 Å². The molecule has 1 aromatic heterocycles. The Morgan fingerprint density at radius 2 is 1.95 bits per heavy atom. The summed E-state index contributed by atoms with van der Waals surface area (Å²) >= 11 is 7.29. The van der Waals surface area contributed by atoms with Crippen LogP contribution >= 0.6 is 23.4 Å². The van der Waals surface area contributed by atoms with Gasteiger partial charge in [0.2, 0.25) is 0 Å². The summed E-state index contributed by atoms with van der Waals surface area (Å²) < 4.78 is 4.73. The molecule has 0 aliphatic rings. The van der Waals surface area contributed by atoms with Gasteiger partial charge in [0.25, 0.3) is 0 Å². The molecule has 104 valence electrons. The molecule has 0 atom stereocenters. The van der Waals surface area contributed by atoms with Gasteiger partial charge in [0.15, 0.2) is 5.52 Å². The fourth-order valence-electron chi connectivity index (χ4n) is 1.97. The van der Waals surface area contributed by atoms with Crippen LogP contribution in [-0.2, 0) is 0 Å². The van der Waals surface area contributed by atoms with Gasteiger partial charge in [-0.05, 0) is 59.3 Å². The first kappa shape index (κ1) is 13.7. The number of thioether (sulfide) groups is 1. The summed E-state index contributed by atoms with van der Waals surface area (Å²) in [5.74, 6) is 0. The number of nitriles is 1. The van der Waals surface area contributed by atoms with E-state index in [1.165, 1.54) is 0 Å². The molecule has 21 heavy (non-hydrogen) atoms. The summed E-state index contributed by atoms with van der Waals surface area (Å²) in [5.41, 5.74) is 3.84. The first-order chi connectivity index (χ1) is 10.2. The highest BCUT2D eigenvalue weighted by Crippen LogP contribution is 2.32. The van der Waals surface area contributed by atoms with Crippen LogP contribution in [0.5, 0.6) is 0 Å². The van der Waals surface area contributed by atoms with Crippen molar-refractivity contribution in [3.63, 3.8) is 0 Å². The van der Waals surface area contributed by atoms with E-state index in [0.29, 0.717) is 16.1 Å². The van der Waals surface area contributed by atoms with E-state index < -0.39 is 0 Å². The average Bonchev–Trinajstić information content (AvgIpc) is 2.97. The molecule has 0 aliphatic heterocycles. The van der Waals surface area contributed by atoms with Crippen molar-refractivity contribution in [2.75, 3.05) is 5.32 Å². The van der Waals surface area contributed by atoms with E-state index in [4.69, 9.17) is 21.5 Å². The molecule has 7 heteroatoms. The van der Waals surface area contributed by atoms with Crippen molar-refractivity contribution in [1.82, 2.24) is 10.3 Å². The first-order valence-corrected chi connectivity index (χ1v) is 7.23. The number of aryl methyl sites for hydroxylation is 1. The Hall–Kier alpha value is -2.23. The predicted octanol–water partition coefficient (Wildman–Crippen LogP) is 4.50. The van der Waals surface area contributed by atoms with Crippen molar-refractivity contribution >= 4 is 45.8 Å². The molecular weight excluding hydrogens is 308 g/mol. The van der Waals surface area contributed by atoms with Gasteiger partial charge in [0.05, 0.1) is 5.02 Å². The molecule has 0 fully saturated rings. The second-order valence-electron chi connectivity index (χ2n) is 4.34. The molecule has 0 saturated carbocycles. The number of fused-ring (bicyclic) bond motifs is 1. The van der Waals surface area contributed by atoms with Crippen molar-refractivity contribution < 1.29 is 4.63 Å². The van der Waals surface area contributed by atoms with Gasteiger partial charge in [-0.1, -0.05) is 11.6 Å². The summed E-state index contributed by atoms with van der Waals surface area (Å²) in [6, 6.07) is 9.35. The topological polar surface area (TPSA) is 74.7 Å². The zero-order chi connectivity index (χ0) is 14.8. The van der Waals surface area contributed by atoms with Crippen molar-refractivity contribution in [1.29, 1.82) is 5.26 Å². The second-order valence-corrected chi connectivity index (χ2v) is 5.60. The number of anilines is 2. The Morgan fingerprint density at radius 3 is 2.67 bits per heavy atom. The minimum absolute atomic E-state index is 0.482. The molecule has 0 amide bonds. The molecule has 3 rings (SSSR count). The van der Waals surface area contributed by atoms with E-state index in [2.05, 4.69) is 15.6 Å². The van der Waals surface area contributed by atoms with Gasteiger partial charge < -0.3 is 5.32 Å². The number of nitrogens with one attached hydrogen (secondary N) is 1. The largest absolute Gasteiger partial charge is 0.355 e. The van der Waals surface area contributed by atoms with Crippen LogP contribution in [0.4, 0.5) is 11.4 Å². The lowest BCUT2D eigenvalue weighted by Gasteiger charge is -2.10. The third-order valence-corrected chi connectivity index (χ3v) is 3.93. The lowest BCUT2D eigenvalue weighted by molar-refractivity contribution is 0.315. The molecule has 3 aromatic rings. The SMILES string of the molecule is Cc1c(Nc2ccc(SC#N)cc2)cc(Cl)c2nonc12. The van der Waals surface area contributed by atoms with Crippen LogP contribution in [0.1, 0.15) is 5.56 Å². The molecule has 0 spiro atoms. The Bertz CT molecular complexity index is 839. The molecule has 2 aromatic carbocycles. The van der Waals surface area contributed by atoms with Gasteiger partial charge in [-0.3, -0.25) is 0 Å². The summed E-state index contributed by atoms with van der Waals surface area (Å²) in [6.07, 6.45) is 0. The number of aromatic nitrogens is 2. The molecule has 1 N–H and O–H groups in total. The Kier molecular flexibility index (Phi) is 3.69. The fourth-order valence-corrected chi connectivity index (χ4v) is 2.58. The van der Waals surface area contributed by atoms with Crippen LogP contribution in [0.3, 0.4) is 0 Å². The van der Waals surface area contributed by atoms with Gasteiger partial charge in [0.1, 0.15) is 10.9 Å². The zero-order valence-electron chi connectivity index (χ0n) is 10.9. The Balaban J connectivity index is 1.94. The summed E-state index contributed by atoms with van der Waals surface area (Å²) in [5, 5.41) is 22.1. The lowest BCUT2D eigenvalue weighted by Crippen LogP contribution is -1.94. The second kappa shape index (κ2) is 5.64. The van der Waals surface area contributed by atoms with Crippen LogP contribution < -0.4 is 5.32 Å². The van der Waals surface area contributed by atoms with Crippen LogP contribution in [0.25, 0.3) is 11.0 Å². The molecule has 0 saturated heterocycles. The van der Waals surface area contributed by atoms with Crippen LogP contribution in [0.2, 0.25) is 5.02 Å². The van der Waals surface area contributed by atoms with E-state index in [9.17, 15) is 0 Å². The standard InChI is InChI=1S/C14H9ClN4OS/c1-8-12(6-11(15)14-13(8)18-20-19-14)17-9-2-4-10(5-3-9)21-7-16/h2-6,17H,1H3. The van der Waals surface area contributed by atoms with E-state index in [1.807, 2.05) is 36.6 Å². The average molecular weight is 317 g/mol. The van der Waals surface area contributed by atoms with Crippen molar-refractivity contribution in [3.05, 3.63) is 40.9 Å². The van der Waals surface area contributed by atoms with Gasteiger partial charge in [-0.15, -0.1) is 0 Å². The van der Waals surface area contributed by atoms with Crippen molar-refractivity contribution in [2.45, 2.75) is 11.8 Å². The molecule has 5 nitrogen and oxygen atoms in total. The minimum Gasteiger partial charge on any atom is -0.355 e. The summed E-state index contributed by atoms with van der Waals surface area (Å²) in [4.78, 5) is 0.897. The highest BCUT2D eigenvalue weighted by molar-refractivity contribution is 8.03. The fraction of sp³-hybridized carbons (Fsp3) is 0.0714. The molecular formula is C14H9ClN4OS. The van der Waals surface area contributed by atoms with Crippen LogP contribution in [0, 0.1) is 17.6 Å². The zero-order valence-corrected chi connectivity index (χ0v) is 12.5. The molecule has 1 heterocycles. The van der Waals surface area contributed by atoms with E-state index in [1.54, 1.807) is 6.07 Å². The number of thiocyanates is 1. The van der Waals surface area contributed by atoms with E-state index >= 15 is 0 Å².